The number of rotatable bonds is 6. The van der Waals surface area contributed by atoms with E-state index in [1.165, 1.54) is 0 Å². The van der Waals surface area contributed by atoms with Crippen LogP contribution in [-0.4, -0.2) is 45.4 Å². The van der Waals surface area contributed by atoms with Crippen molar-refractivity contribution in [3.8, 4) is 0 Å². The molecule has 1 aliphatic carbocycles. The first-order valence-electron chi connectivity index (χ1n) is 8.69. The average Bonchev–Trinajstić information content (AvgIpc) is 3.15. The van der Waals surface area contributed by atoms with Gasteiger partial charge in [-0.15, -0.1) is 0 Å². The van der Waals surface area contributed by atoms with Crippen molar-refractivity contribution in [1.29, 1.82) is 0 Å². The zero-order chi connectivity index (χ0) is 17.9. The second-order valence-corrected chi connectivity index (χ2v) is 8.67. The minimum atomic E-state index is -3.56. The Morgan fingerprint density at radius 1 is 1.32 bits per heavy atom. The lowest BCUT2D eigenvalue weighted by atomic mass is 9.84. The molecule has 0 radical (unpaired) electrons. The fourth-order valence-electron chi connectivity index (χ4n) is 3.40. The molecule has 0 bridgehead atoms. The highest BCUT2D eigenvalue weighted by atomic mass is 32.2. The first-order valence-corrected chi connectivity index (χ1v) is 10.2. The molecule has 0 spiro atoms. The van der Waals surface area contributed by atoms with Gasteiger partial charge >= 0.3 is 0 Å². The zero-order valence-corrected chi connectivity index (χ0v) is 15.2. The van der Waals surface area contributed by atoms with Gasteiger partial charge in [0.15, 0.2) is 0 Å². The maximum absolute atomic E-state index is 12.9. The van der Waals surface area contributed by atoms with E-state index < -0.39 is 15.9 Å². The van der Waals surface area contributed by atoms with Crippen LogP contribution in [0.5, 0.6) is 0 Å². The summed E-state index contributed by atoms with van der Waals surface area (Å²) in [6.07, 6.45) is 5.47. The number of aliphatic hydroxyl groups excluding tert-OH is 1. The lowest BCUT2D eigenvalue weighted by molar-refractivity contribution is -0.00783. The second kappa shape index (κ2) is 7.83. The molecule has 0 saturated carbocycles. The van der Waals surface area contributed by atoms with Crippen molar-refractivity contribution in [2.45, 2.75) is 30.4 Å². The summed E-state index contributed by atoms with van der Waals surface area (Å²) < 4.78 is 31.6. The normalized spacial score (nSPS) is 27.9. The molecular formula is C19H25NO4S. The molecular weight excluding hydrogens is 338 g/mol. The molecule has 2 aliphatic rings. The van der Waals surface area contributed by atoms with E-state index in [1.807, 2.05) is 6.08 Å². The maximum Gasteiger partial charge on any atom is 0.206 e. The van der Waals surface area contributed by atoms with E-state index in [0.29, 0.717) is 5.92 Å². The van der Waals surface area contributed by atoms with Crippen LogP contribution in [0, 0.1) is 11.8 Å². The summed E-state index contributed by atoms with van der Waals surface area (Å²) in [5.74, 6) is 0.524. The van der Waals surface area contributed by atoms with Crippen molar-refractivity contribution in [2.75, 3.05) is 19.7 Å². The van der Waals surface area contributed by atoms with Crippen molar-refractivity contribution in [1.82, 2.24) is 5.32 Å². The highest BCUT2D eigenvalue weighted by Crippen LogP contribution is 2.33. The third-order valence-electron chi connectivity index (χ3n) is 4.73. The number of nitrogens with one attached hydrogen (secondary N) is 1. The van der Waals surface area contributed by atoms with Crippen LogP contribution in [0.4, 0.5) is 0 Å². The van der Waals surface area contributed by atoms with Gasteiger partial charge in [-0.2, -0.15) is 0 Å². The van der Waals surface area contributed by atoms with Crippen LogP contribution >= 0.6 is 0 Å². The minimum absolute atomic E-state index is 0.114. The summed E-state index contributed by atoms with van der Waals surface area (Å²) in [4.78, 5) is 0.539. The van der Waals surface area contributed by atoms with Crippen LogP contribution in [-0.2, 0) is 14.6 Å². The molecule has 136 valence electrons. The molecule has 3 unspecified atom stereocenters. The van der Waals surface area contributed by atoms with E-state index in [4.69, 9.17) is 4.74 Å². The molecule has 1 aromatic carbocycles. The van der Waals surface area contributed by atoms with E-state index in [0.717, 1.165) is 19.5 Å². The molecule has 4 atom stereocenters. The zero-order valence-electron chi connectivity index (χ0n) is 14.3. The third kappa shape index (κ3) is 4.20. The van der Waals surface area contributed by atoms with Crippen molar-refractivity contribution in [3.63, 3.8) is 0 Å². The van der Waals surface area contributed by atoms with E-state index >= 15 is 0 Å². The van der Waals surface area contributed by atoms with Crippen molar-refractivity contribution < 1.29 is 18.3 Å². The molecule has 1 aliphatic heterocycles. The molecule has 25 heavy (non-hydrogen) atoms. The van der Waals surface area contributed by atoms with Gasteiger partial charge in [0.05, 0.1) is 28.6 Å². The SMILES string of the molecule is CC(O)COC1C=C(S(=O)(=O)c2ccccc2)C=CC1[C@@H]1CCNC1. The van der Waals surface area contributed by atoms with Gasteiger partial charge in [-0.25, -0.2) is 8.42 Å². The Hall–Kier alpha value is -1.47. The Morgan fingerprint density at radius 3 is 2.72 bits per heavy atom. The predicted molar refractivity (Wildman–Crippen MR) is 96.7 cm³/mol. The second-order valence-electron chi connectivity index (χ2n) is 6.72. The Morgan fingerprint density at radius 2 is 2.08 bits per heavy atom. The Labute approximate surface area is 149 Å². The van der Waals surface area contributed by atoms with Crippen LogP contribution in [0.1, 0.15) is 13.3 Å². The summed E-state index contributed by atoms with van der Waals surface area (Å²) in [5, 5.41) is 12.9. The average molecular weight is 363 g/mol. The van der Waals surface area contributed by atoms with Crippen LogP contribution in [0.2, 0.25) is 0 Å². The highest BCUT2D eigenvalue weighted by molar-refractivity contribution is 7.95. The molecule has 1 saturated heterocycles. The first-order chi connectivity index (χ1) is 12.0. The monoisotopic (exact) mass is 363 g/mol. The summed E-state index contributed by atoms with van der Waals surface area (Å²) in [6, 6.07) is 8.43. The number of hydrogen-bond acceptors (Lipinski definition) is 5. The van der Waals surface area contributed by atoms with Crippen molar-refractivity contribution in [3.05, 3.63) is 53.5 Å². The first kappa shape index (κ1) is 18.3. The topological polar surface area (TPSA) is 75.6 Å². The molecule has 5 nitrogen and oxygen atoms in total. The Bertz CT molecular complexity index is 734. The van der Waals surface area contributed by atoms with E-state index in [9.17, 15) is 13.5 Å². The van der Waals surface area contributed by atoms with Crippen molar-refractivity contribution in [2.24, 2.45) is 11.8 Å². The van der Waals surface area contributed by atoms with Gasteiger partial charge in [0.1, 0.15) is 0 Å². The molecule has 3 rings (SSSR count). The molecule has 2 N–H and O–H groups in total. The van der Waals surface area contributed by atoms with Gasteiger partial charge in [0.2, 0.25) is 9.84 Å². The Kier molecular flexibility index (Phi) is 5.74. The number of sulfone groups is 1. The number of benzene rings is 1. The molecule has 1 fully saturated rings. The molecule has 1 heterocycles. The van der Waals surface area contributed by atoms with Crippen LogP contribution in [0.3, 0.4) is 0 Å². The standard InChI is InChI=1S/C19H25NO4S/c1-14(21)13-24-19-11-17(7-8-18(19)15-9-10-20-12-15)25(22,23)16-5-3-2-4-6-16/h2-8,11,14-15,18-21H,9-10,12-13H2,1H3/t14?,15-,18?,19?/m1/s1. The lowest BCUT2D eigenvalue weighted by Crippen LogP contribution is -2.33. The lowest BCUT2D eigenvalue weighted by Gasteiger charge is -2.30. The largest absolute Gasteiger partial charge is 0.391 e. The van der Waals surface area contributed by atoms with Gasteiger partial charge in [-0.1, -0.05) is 24.3 Å². The maximum atomic E-state index is 12.9. The van der Waals surface area contributed by atoms with Gasteiger partial charge in [-0.3, -0.25) is 0 Å². The molecule has 1 aromatic rings. The van der Waals surface area contributed by atoms with Gasteiger partial charge in [0.25, 0.3) is 0 Å². The predicted octanol–water partition coefficient (Wildman–Crippen LogP) is 1.91. The van der Waals surface area contributed by atoms with E-state index in [2.05, 4.69) is 5.32 Å². The van der Waals surface area contributed by atoms with Crippen LogP contribution < -0.4 is 5.32 Å². The molecule has 6 heteroatoms. The quantitative estimate of drug-likeness (QED) is 0.807. The van der Waals surface area contributed by atoms with E-state index in [-0.39, 0.29) is 28.4 Å². The highest BCUT2D eigenvalue weighted by Gasteiger charge is 2.34. The number of ether oxygens (including phenoxy) is 1. The van der Waals surface area contributed by atoms with Crippen LogP contribution in [0.15, 0.2) is 58.4 Å². The summed E-state index contributed by atoms with van der Waals surface area (Å²) in [5.41, 5.74) is 0. The third-order valence-corrected chi connectivity index (χ3v) is 6.51. The molecule has 0 aromatic heterocycles. The summed E-state index contributed by atoms with van der Waals surface area (Å²) >= 11 is 0. The number of aliphatic hydroxyl groups is 1. The Balaban J connectivity index is 1.87. The number of allylic oxidation sites excluding steroid dienone is 1. The summed E-state index contributed by atoms with van der Waals surface area (Å²) in [7, 11) is -3.56. The fourth-order valence-corrected chi connectivity index (χ4v) is 4.76. The smallest absolute Gasteiger partial charge is 0.206 e. The van der Waals surface area contributed by atoms with E-state index in [1.54, 1.807) is 49.4 Å². The molecule has 0 amide bonds. The van der Waals surface area contributed by atoms with Gasteiger partial charge < -0.3 is 15.2 Å². The van der Waals surface area contributed by atoms with Gasteiger partial charge in [-0.05, 0) is 56.6 Å². The van der Waals surface area contributed by atoms with Gasteiger partial charge in [0, 0.05) is 5.92 Å². The van der Waals surface area contributed by atoms with Crippen molar-refractivity contribution >= 4 is 9.84 Å². The van der Waals surface area contributed by atoms with Crippen LogP contribution in [0.25, 0.3) is 0 Å². The summed E-state index contributed by atoms with van der Waals surface area (Å²) in [6.45, 7) is 3.72. The fraction of sp³-hybridized carbons (Fsp3) is 0.474. The number of hydrogen-bond donors (Lipinski definition) is 2. The minimum Gasteiger partial charge on any atom is -0.391 e.